The van der Waals surface area contributed by atoms with Gasteiger partial charge in [0.1, 0.15) is 5.82 Å². The molecule has 1 atom stereocenters. The number of aryl methyl sites for hydroxylation is 2. The van der Waals surface area contributed by atoms with Crippen LogP contribution in [-0.2, 0) is 18.3 Å². The fourth-order valence-corrected chi connectivity index (χ4v) is 2.66. The molecule has 4 nitrogen and oxygen atoms in total. The smallest absolute Gasteiger partial charge is 0.106 e. The first-order valence-electron chi connectivity index (χ1n) is 7.53. The van der Waals surface area contributed by atoms with Crippen molar-refractivity contribution >= 4 is 11.0 Å². The number of rotatable bonds is 6. The fraction of sp³-hybridized carbons (Fsp3) is 0.588. The molecule has 1 aromatic carbocycles. The second-order valence-electron chi connectivity index (χ2n) is 6.49. The minimum absolute atomic E-state index is 0.0888. The van der Waals surface area contributed by atoms with E-state index in [1.807, 2.05) is 6.92 Å². The largest absolute Gasteiger partial charge is 0.379 e. The van der Waals surface area contributed by atoms with Crippen LogP contribution in [0.2, 0.25) is 0 Å². The van der Waals surface area contributed by atoms with Gasteiger partial charge in [0.05, 0.1) is 16.6 Å². The summed E-state index contributed by atoms with van der Waals surface area (Å²) < 4.78 is 7.60. The molecular weight excluding hydrogens is 262 g/mol. The highest BCUT2D eigenvalue weighted by Crippen LogP contribution is 2.18. The highest BCUT2D eigenvalue weighted by atomic mass is 16.5. The highest BCUT2D eigenvalue weighted by Gasteiger charge is 2.19. The van der Waals surface area contributed by atoms with Gasteiger partial charge in [-0.1, -0.05) is 6.07 Å². The first-order valence-corrected chi connectivity index (χ1v) is 7.53. The normalized spacial score (nSPS) is 13.8. The molecule has 0 amide bonds. The van der Waals surface area contributed by atoms with Crippen LogP contribution in [0.3, 0.4) is 0 Å². The van der Waals surface area contributed by atoms with Gasteiger partial charge in [-0.2, -0.15) is 0 Å². The van der Waals surface area contributed by atoms with Crippen molar-refractivity contribution < 1.29 is 4.74 Å². The van der Waals surface area contributed by atoms with Gasteiger partial charge in [0.2, 0.25) is 0 Å². The number of ether oxygens (including phenoxy) is 1. The van der Waals surface area contributed by atoms with Crippen molar-refractivity contribution in [3.63, 3.8) is 0 Å². The van der Waals surface area contributed by atoms with Crippen molar-refractivity contribution in [3.05, 3.63) is 29.6 Å². The molecule has 1 N–H and O–H groups in total. The van der Waals surface area contributed by atoms with E-state index >= 15 is 0 Å². The zero-order valence-corrected chi connectivity index (χ0v) is 14.0. The van der Waals surface area contributed by atoms with E-state index in [1.54, 1.807) is 7.11 Å². The van der Waals surface area contributed by atoms with Crippen LogP contribution >= 0.6 is 0 Å². The first-order chi connectivity index (χ1) is 9.82. The number of fused-ring (bicyclic) bond motifs is 1. The Bertz CT molecular complexity index is 616. The van der Waals surface area contributed by atoms with Crippen molar-refractivity contribution in [2.45, 2.75) is 52.3 Å². The number of nitrogens with one attached hydrogen (secondary N) is 1. The van der Waals surface area contributed by atoms with Crippen LogP contribution in [-0.4, -0.2) is 28.3 Å². The summed E-state index contributed by atoms with van der Waals surface area (Å²) in [6, 6.07) is 6.89. The molecular formula is C17H27N3O. The third kappa shape index (κ3) is 3.83. The molecule has 0 radical (unpaired) electrons. The van der Waals surface area contributed by atoms with Gasteiger partial charge in [-0.15, -0.1) is 0 Å². The van der Waals surface area contributed by atoms with E-state index in [-0.39, 0.29) is 5.60 Å². The summed E-state index contributed by atoms with van der Waals surface area (Å²) in [6.45, 7) is 9.32. The fourth-order valence-electron chi connectivity index (χ4n) is 2.66. The maximum Gasteiger partial charge on any atom is 0.106 e. The Morgan fingerprint density at radius 1 is 1.38 bits per heavy atom. The summed E-state index contributed by atoms with van der Waals surface area (Å²) in [5.74, 6) is 1.05. The van der Waals surface area contributed by atoms with Crippen LogP contribution in [0.25, 0.3) is 11.0 Å². The van der Waals surface area contributed by atoms with Crippen LogP contribution in [0.4, 0.5) is 0 Å². The summed E-state index contributed by atoms with van der Waals surface area (Å²) in [7, 11) is 3.82. The van der Waals surface area contributed by atoms with Gasteiger partial charge >= 0.3 is 0 Å². The number of methoxy groups -OCH3 is 1. The molecule has 116 valence electrons. The molecule has 0 saturated carbocycles. The molecule has 1 aromatic heterocycles. The lowest BCUT2D eigenvalue weighted by Gasteiger charge is -2.27. The van der Waals surface area contributed by atoms with E-state index in [2.05, 4.69) is 60.9 Å². The van der Waals surface area contributed by atoms with Gasteiger partial charge in [-0.3, -0.25) is 0 Å². The van der Waals surface area contributed by atoms with Crippen LogP contribution in [0.5, 0.6) is 0 Å². The van der Waals surface area contributed by atoms with Crippen LogP contribution in [0.1, 0.15) is 38.6 Å². The highest BCUT2D eigenvalue weighted by molar-refractivity contribution is 5.76. The quantitative estimate of drug-likeness (QED) is 0.887. The molecule has 2 rings (SSSR count). The molecule has 2 aromatic rings. The lowest BCUT2D eigenvalue weighted by atomic mass is 9.99. The zero-order chi connectivity index (χ0) is 15.6. The van der Waals surface area contributed by atoms with E-state index in [0.717, 1.165) is 24.3 Å². The number of hydrogen-bond acceptors (Lipinski definition) is 3. The van der Waals surface area contributed by atoms with Crippen LogP contribution in [0, 0.1) is 6.92 Å². The lowest BCUT2D eigenvalue weighted by Crippen LogP contribution is -2.35. The molecule has 0 aliphatic rings. The second-order valence-corrected chi connectivity index (χ2v) is 6.49. The molecule has 21 heavy (non-hydrogen) atoms. The summed E-state index contributed by atoms with van der Waals surface area (Å²) >= 11 is 0. The van der Waals surface area contributed by atoms with Crippen molar-refractivity contribution in [2.75, 3.05) is 7.11 Å². The Morgan fingerprint density at radius 3 is 2.76 bits per heavy atom. The Hall–Kier alpha value is -1.39. The number of imidazole rings is 1. The summed E-state index contributed by atoms with van der Waals surface area (Å²) in [5, 5.41) is 3.56. The standard InChI is InChI=1S/C17H27N3O/c1-12(10-17(3,4)21-6)18-11-14-7-8-16-15(9-14)19-13(2)20(16)5/h7-9,12,18H,10-11H2,1-6H3. The van der Waals surface area contributed by atoms with E-state index < -0.39 is 0 Å². The van der Waals surface area contributed by atoms with Gasteiger partial charge in [0, 0.05) is 26.7 Å². The van der Waals surface area contributed by atoms with E-state index in [4.69, 9.17) is 4.74 Å². The minimum atomic E-state index is -0.0888. The molecule has 0 bridgehead atoms. The predicted molar refractivity (Wildman–Crippen MR) is 87.5 cm³/mol. The molecule has 0 spiro atoms. The van der Waals surface area contributed by atoms with Gasteiger partial charge in [0.25, 0.3) is 0 Å². The second kappa shape index (κ2) is 6.16. The lowest BCUT2D eigenvalue weighted by molar-refractivity contribution is 0.00844. The van der Waals surface area contributed by atoms with Gasteiger partial charge in [-0.05, 0) is 51.8 Å². The number of benzene rings is 1. The van der Waals surface area contributed by atoms with E-state index in [1.165, 1.54) is 11.1 Å². The van der Waals surface area contributed by atoms with Crippen molar-refractivity contribution in [1.82, 2.24) is 14.9 Å². The topological polar surface area (TPSA) is 39.1 Å². The van der Waals surface area contributed by atoms with Crippen molar-refractivity contribution in [3.8, 4) is 0 Å². The Kier molecular flexibility index (Phi) is 4.69. The average Bonchev–Trinajstić information content (AvgIpc) is 2.71. The molecule has 0 aliphatic heterocycles. The third-order valence-electron chi connectivity index (χ3n) is 4.17. The molecule has 0 saturated heterocycles. The van der Waals surface area contributed by atoms with E-state index in [9.17, 15) is 0 Å². The molecule has 0 fully saturated rings. The van der Waals surface area contributed by atoms with Crippen molar-refractivity contribution in [1.29, 1.82) is 0 Å². The van der Waals surface area contributed by atoms with Gasteiger partial charge in [-0.25, -0.2) is 4.98 Å². The summed E-state index contributed by atoms with van der Waals surface area (Å²) in [4.78, 5) is 4.59. The molecule has 1 heterocycles. The average molecular weight is 289 g/mol. The van der Waals surface area contributed by atoms with Gasteiger partial charge in [0.15, 0.2) is 0 Å². The number of aromatic nitrogens is 2. The van der Waals surface area contributed by atoms with Crippen molar-refractivity contribution in [2.24, 2.45) is 7.05 Å². The zero-order valence-electron chi connectivity index (χ0n) is 14.0. The third-order valence-corrected chi connectivity index (χ3v) is 4.17. The molecule has 1 unspecified atom stereocenters. The molecule has 0 aliphatic carbocycles. The SMILES string of the molecule is COC(C)(C)CC(C)NCc1ccc2c(c1)nc(C)n2C. The maximum atomic E-state index is 5.48. The number of hydrogen-bond donors (Lipinski definition) is 1. The van der Waals surface area contributed by atoms with Gasteiger partial charge < -0.3 is 14.6 Å². The Labute approximate surface area is 127 Å². The predicted octanol–water partition coefficient (Wildman–Crippen LogP) is 3.17. The Balaban J connectivity index is 2.00. The number of nitrogens with zero attached hydrogens (tertiary/aromatic N) is 2. The monoisotopic (exact) mass is 289 g/mol. The summed E-state index contributed by atoms with van der Waals surface area (Å²) in [5.41, 5.74) is 3.43. The summed E-state index contributed by atoms with van der Waals surface area (Å²) in [6.07, 6.45) is 0.981. The molecule has 4 heteroatoms. The Morgan fingerprint density at radius 2 is 2.10 bits per heavy atom. The van der Waals surface area contributed by atoms with Crippen LogP contribution in [0.15, 0.2) is 18.2 Å². The maximum absolute atomic E-state index is 5.48. The van der Waals surface area contributed by atoms with E-state index in [0.29, 0.717) is 6.04 Å². The first kappa shape index (κ1) is 16.0. The minimum Gasteiger partial charge on any atom is -0.379 e. The van der Waals surface area contributed by atoms with Crippen LogP contribution < -0.4 is 5.32 Å².